The predicted octanol–water partition coefficient (Wildman–Crippen LogP) is 5.06. The SMILES string of the molecule is O=C(NC1CCC(CCN2CCC(C(=O)c3ccc(F)cc3)CC2)CC1)c1ccc(N2CCC(O)CC2)cc1. The molecule has 1 aliphatic carbocycles. The van der Waals surface area contributed by atoms with Crippen LogP contribution in [0.15, 0.2) is 48.5 Å². The van der Waals surface area contributed by atoms with Crippen molar-refractivity contribution in [3.8, 4) is 0 Å². The van der Waals surface area contributed by atoms with Crippen LogP contribution in [0.4, 0.5) is 10.1 Å². The van der Waals surface area contributed by atoms with Crippen LogP contribution in [0.2, 0.25) is 0 Å². The number of hydrogen-bond donors (Lipinski definition) is 2. The molecular formula is C32H42FN3O3. The van der Waals surface area contributed by atoms with Gasteiger partial charge in [0.2, 0.25) is 0 Å². The Morgan fingerprint density at radius 3 is 2.05 bits per heavy atom. The van der Waals surface area contributed by atoms with E-state index in [1.807, 2.05) is 24.3 Å². The average Bonchev–Trinajstić information content (AvgIpc) is 2.97. The van der Waals surface area contributed by atoms with E-state index in [0.29, 0.717) is 17.0 Å². The summed E-state index contributed by atoms with van der Waals surface area (Å²) in [5, 5.41) is 13.0. The Morgan fingerprint density at radius 2 is 1.41 bits per heavy atom. The highest BCUT2D eigenvalue weighted by molar-refractivity contribution is 5.97. The van der Waals surface area contributed by atoms with Crippen molar-refractivity contribution >= 4 is 17.4 Å². The largest absolute Gasteiger partial charge is 0.393 e. The fraction of sp³-hybridized carbons (Fsp3) is 0.562. The number of ketones is 1. The highest BCUT2D eigenvalue weighted by atomic mass is 19.1. The number of Topliss-reactive ketones (excluding diaryl/α,β-unsaturated/α-hetero) is 1. The molecule has 3 fully saturated rings. The van der Waals surface area contributed by atoms with Crippen LogP contribution < -0.4 is 10.2 Å². The summed E-state index contributed by atoms with van der Waals surface area (Å²) in [7, 11) is 0. The number of rotatable bonds is 8. The van der Waals surface area contributed by atoms with Crippen molar-refractivity contribution < 1.29 is 19.1 Å². The number of benzene rings is 2. The normalized spacial score (nSPS) is 23.5. The van der Waals surface area contributed by atoms with Gasteiger partial charge in [0.25, 0.3) is 5.91 Å². The van der Waals surface area contributed by atoms with Crippen molar-refractivity contribution in [2.75, 3.05) is 37.6 Å². The predicted molar refractivity (Wildman–Crippen MR) is 152 cm³/mol. The fourth-order valence-electron chi connectivity index (χ4n) is 6.45. The van der Waals surface area contributed by atoms with E-state index in [4.69, 9.17) is 0 Å². The lowest BCUT2D eigenvalue weighted by molar-refractivity contribution is 0.0832. The molecule has 1 amide bonds. The van der Waals surface area contributed by atoms with E-state index in [0.717, 1.165) is 89.8 Å². The van der Waals surface area contributed by atoms with Crippen molar-refractivity contribution in [2.24, 2.45) is 11.8 Å². The Kier molecular flexibility index (Phi) is 9.30. The van der Waals surface area contributed by atoms with Gasteiger partial charge in [-0.25, -0.2) is 4.39 Å². The van der Waals surface area contributed by atoms with Crippen molar-refractivity contribution in [3.63, 3.8) is 0 Å². The number of likely N-dealkylation sites (tertiary alicyclic amines) is 1. The molecule has 0 spiro atoms. The van der Waals surface area contributed by atoms with Crippen LogP contribution in [-0.4, -0.2) is 66.6 Å². The Balaban J connectivity index is 0.984. The van der Waals surface area contributed by atoms with Crippen molar-refractivity contribution in [3.05, 3.63) is 65.5 Å². The number of carbonyl (C=O) groups excluding carboxylic acids is 2. The monoisotopic (exact) mass is 535 g/mol. The van der Waals surface area contributed by atoms with Gasteiger partial charge in [0.15, 0.2) is 5.78 Å². The van der Waals surface area contributed by atoms with Crippen LogP contribution in [0.1, 0.15) is 78.5 Å². The molecule has 0 unspecified atom stereocenters. The maximum atomic E-state index is 13.2. The number of carbonyl (C=O) groups is 2. The summed E-state index contributed by atoms with van der Waals surface area (Å²) in [4.78, 5) is 30.3. The van der Waals surface area contributed by atoms with E-state index in [-0.39, 0.29) is 35.6 Å². The molecule has 0 radical (unpaired) electrons. The summed E-state index contributed by atoms with van der Waals surface area (Å²) < 4.78 is 13.2. The molecule has 0 atom stereocenters. The van der Waals surface area contributed by atoms with Gasteiger partial charge in [0.1, 0.15) is 5.82 Å². The van der Waals surface area contributed by atoms with E-state index < -0.39 is 0 Å². The van der Waals surface area contributed by atoms with Gasteiger partial charge in [-0.3, -0.25) is 9.59 Å². The Bertz CT molecular complexity index is 1080. The third-order valence-corrected chi connectivity index (χ3v) is 9.08. The second-order valence-corrected chi connectivity index (χ2v) is 11.7. The van der Waals surface area contributed by atoms with Gasteiger partial charge in [-0.2, -0.15) is 0 Å². The van der Waals surface area contributed by atoms with Gasteiger partial charge in [-0.15, -0.1) is 0 Å². The molecule has 0 aromatic heterocycles. The van der Waals surface area contributed by atoms with Gasteiger partial charge in [0.05, 0.1) is 6.10 Å². The van der Waals surface area contributed by atoms with Gasteiger partial charge in [-0.05, 0) is 132 Å². The summed E-state index contributed by atoms with van der Waals surface area (Å²) >= 11 is 0. The Hall–Kier alpha value is -2.77. The summed E-state index contributed by atoms with van der Waals surface area (Å²) in [5.74, 6) is 0.588. The third kappa shape index (κ3) is 7.46. The average molecular weight is 536 g/mol. The molecule has 2 aromatic carbocycles. The highest BCUT2D eigenvalue weighted by Crippen LogP contribution is 2.29. The number of aliphatic hydroxyl groups is 1. The maximum Gasteiger partial charge on any atom is 0.251 e. The van der Waals surface area contributed by atoms with Crippen molar-refractivity contribution in [2.45, 2.75) is 69.9 Å². The molecule has 2 aromatic rings. The molecule has 7 heteroatoms. The lowest BCUT2D eigenvalue weighted by atomic mass is 9.83. The first-order valence-corrected chi connectivity index (χ1v) is 14.8. The Labute approximate surface area is 231 Å². The summed E-state index contributed by atoms with van der Waals surface area (Å²) in [6.45, 7) is 4.67. The molecule has 2 N–H and O–H groups in total. The zero-order chi connectivity index (χ0) is 27.2. The number of nitrogens with one attached hydrogen (secondary N) is 1. The molecule has 2 heterocycles. The van der Waals surface area contributed by atoms with E-state index in [2.05, 4.69) is 15.1 Å². The smallest absolute Gasteiger partial charge is 0.251 e. The summed E-state index contributed by atoms with van der Waals surface area (Å²) in [5.41, 5.74) is 2.44. The minimum atomic E-state index is -0.306. The maximum absolute atomic E-state index is 13.2. The lowest BCUT2D eigenvalue weighted by Crippen LogP contribution is -2.39. The van der Waals surface area contributed by atoms with Gasteiger partial charge in [0, 0.05) is 41.9 Å². The number of aliphatic hydroxyl groups excluding tert-OH is 1. The van der Waals surface area contributed by atoms with E-state index in [1.165, 1.54) is 18.6 Å². The molecule has 6 nitrogen and oxygen atoms in total. The number of nitrogens with zero attached hydrogens (tertiary/aromatic N) is 2. The third-order valence-electron chi connectivity index (χ3n) is 9.08. The topological polar surface area (TPSA) is 72.9 Å². The van der Waals surface area contributed by atoms with Crippen molar-refractivity contribution in [1.82, 2.24) is 10.2 Å². The van der Waals surface area contributed by atoms with Crippen LogP contribution in [0.25, 0.3) is 0 Å². The molecule has 39 heavy (non-hydrogen) atoms. The molecule has 0 bridgehead atoms. The number of halogens is 1. The van der Waals surface area contributed by atoms with Crippen molar-refractivity contribution in [1.29, 1.82) is 0 Å². The number of amides is 1. The quantitative estimate of drug-likeness (QED) is 0.463. The standard InChI is InChI=1S/C32H42FN3O3/c33-27-7-3-24(4-8-27)31(38)25-14-19-35(20-15-25)18-13-23-1-9-28(10-2-23)34-32(39)26-5-11-29(12-6-26)36-21-16-30(37)17-22-36/h3-8,11-12,23,25,28,30,37H,1-2,9-10,13-22H2,(H,34,39). The lowest BCUT2D eigenvalue weighted by Gasteiger charge is -2.34. The number of piperidine rings is 2. The van der Waals surface area contributed by atoms with E-state index in [9.17, 15) is 19.1 Å². The molecule has 2 aliphatic heterocycles. The minimum absolute atomic E-state index is 0.0112. The molecule has 2 saturated heterocycles. The molecule has 3 aliphatic rings. The van der Waals surface area contributed by atoms with Crippen LogP contribution in [0, 0.1) is 17.7 Å². The highest BCUT2D eigenvalue weighted by Gasteiger charge is 2.27. The van der Waals surface area contributed by atoms with Crippen LogP contribution in [0.5, 0.6) is 0 Å². The second kappa shape index (κ2) is 13.1. The first-order chi connectivity index (χ1) is 18.9. The van der Waals surface area contributed by atoms with Crippen LogP contribution in [0.3, 0.4) is 0 Å². The summed E-state index contributed by atoms with van der Waals surface area (Å²) in [6, 6.07) is 14.0. The first-order valence-electron chi connectivity index (χ1n) is 14.8. The first kappa shape index (κ1) is 27.8. The fourth-order valence-corrected chi connectivity index (χ4v) is 6.45. The molecule has 5 rings (SSSR count). The van der Waals surface area contributed by atoms with Crippen LogP contribution >= 0.6 is 0 Å². The second-order valence-electron chi connectivity index (χ2n) is 11.7. The van der Waals surface area contributed by atoms with Crippen LogP contribution in [-0.2, 0) is 0 Å². The van der Waals surface area contributed by atoms with E-state index >= 15 is 0 Å². The van der Waals surface area contributed by atoms with Gasteiger partial charge in [-0.1, -0.05) is 0 Å². The molecule has 210 valence electrons. The zero-order valence-electron chi connectivity index (χ0n) is 22.9. The van der Waals surface area contributed by atoms with Gasteiger partial charge < -0.3 is 20.2 Å². The zero-order valence-corrected chi connectivity index (χ0v) is 22.9. The molecule has 1 saturated carbocycles. The number of anilines is 1. The van der Waals surface area contributed by atoms with E-state index in [1.54, 1.807) is 12.1 Å². The number of hydrogen-bond acceptors (Lipinski definition) is 5. The Morgan fingerprint density at radius 1 is 0.795 bits per heavy atom. The molecular weight excluding hydrogens is 493 g/mol. The van der Waals surface area contributed by atoms with Gasteiger partial charge >= 0.3 is 0 Å². The minimum Gasteiger partial charge on any atom is -0.393 e. The summed E-state index contributed by atoms with van der Waals surface area (Å²) in [6.07, 6.45) is 8.66.